The summed E-state index contributed by atoms with van der Waals surface area (Å²) < 4.78 is 5.26. The molecule has 0 aliphatic carbocycles. The van der Waals surface area contributed by atoms with Crippen molar-refractivity contribution in [3.05, 3.63) is 23.5 Å². The summed E-state index contributed by atoms with van der Waals surface area (Å²) in [6, 6.07) is 4.35. The first-order chi connectivity index (χ1) is 8.17. The number of likely N-dealkylation sites (tertiary alicyclic amines) is 1. The molecular formula is C13H22ClN3O. The number of nitrogens with zero attached hydrogens (tertiary/aromatic N) is 2. The molecule has 0 saturated carbocycles. The van der Waals surface area contributed by atoms with E-state index in [4.69, 9.17) is 10.5 Å². The van der Waals surface area contributed by atoms with Gasteiger partial charge in [0.15, 0.2) is 0 Å². The molecule has 1 aliphatic heterocycles. The molecule has 0 spiro atoms. The summed E-state index contributed by atoms with van der Waals surface area (Å²) in [6.07, 6.45) is 2.17. The van der Waals surface area contributed by atoms with Crippen molar-refractivity contribution < 1.29 is 4.74 Å². The molecule has 2 heterocycles. The molecule has 0 amide bonds. The van der Waals surface area contributed by atoms with Crippen molar-refractivity contribution in [3.8, 4) is 5.75 Å². The Morgan fingerprint density at radius 1 is 1.39 bits per heavy atom. The minimum absolute atomic E-state index is 0. The Hall–Kier alpha value is -0.840. The Kier molecular flexibility index (Phi) is 5.85. The number of pyridine rings is 1. The van der Waals surface area contributed by atoms with E-state index < -0.39 is 0 Å². The number of aryl methyl sites for hydroxylation is 1. The lowest BCUT2D eigenvalue weighted by atomic mass is 10.1. The minimum Gasteiger partial charge on any atom is -0.497 e. The first-order valence-electron chi connectivity index (χ1n) is 6.17. The van der Waals surface area contributed by atoms with E-state index in [2.05, 4.69) is 9.88 Å². The van der Waals surface area contributed by atoms with Crippen LogP contribution in [-0.2, 0) is 6.54 Å². The second kappa shape index (κ2) is 6.92. The molecule has 0 radical (unpaired) electrons. The van der Waals surface area contributed by atoms with Gasteiger partial charge in [-0.3, -0.25) is 9.88 Å². The van der Waals surface area contributed by atoms with Crippen LogP contribution in [0, 0.1) is 6.92 Å². The van der Waals surface area contributed by atoms with E-state index in [9.17, 15) is 0 Å². The second-order valence-corrected chi connectivity index (χ2v) is 4.75. The van der Waals surface area contributed by atoms with Gasteiger partial charge in [0, 0.05) is 43.5 Å². The fourth-order valence-corrected chi connectivity index (χ4v) is 2.24. The number of ether oxygens (including phenoxy) is 1. The smallest absolute Gasteiger partial charge is 0.122 e. The molecule has 2 N–H and O–H groups in total. The highest BCUT2D eigenvalue weighted by Crippen LogP contribution is 2.16. The van der Waals surface area contributed by atoms with Gasteiger partial charge in [0.1, 0.15) is 5.75 Å². The van der Waals surface area contributed by atoms with Crippen molar-refractivity contribution in [1.82, 2.24) is 9.88 Å². The van der Waals surface area contributed by atoms with Crippen molar-refractivity contribution in [2.24, 2.45) is 5.73 Å². The van der Waals surface area contributed by atoms with Crippen LogP contribution in [-0.4, -0.2) is 36.1 Å². The Bertz CT molecular complexity index is 378. The number of halogens is 1. The van der Waals surface area contributed by atoms with Crippen molar-refractivity contribution in [3.63, 3.8) is 0 Å². The van der Waals surface area contributed by atoms with Gasteiger partial charge in [-0.1, -0.05) is 0 Å². The first-order valence-corrected chi connectivity index (χ1v) is 6.17. The summed E-state index contributed by atoms with van der Waals surface area (Å²) >= 11 is 0. The topological polar surface area (TPSA) is 51.4 Å². The van der Waals surface area contributed by atoms with Gasteiger partial charge in [0.05, 0.1) is 12.8 Å². The number of aromatic nitrogens is 1. The van der Waals surface area contributed by atoms with Crippen molar-refractivity contribution in [2.75, 3.05) is 20.2 Å². The van der Waals surface area contributed by atoms with Gasteiger partial charge in [0.25, 0.3) is 0 Å². The largest absolute Gasteiger partial charge is 0.497 e. The van der Waals surface area contributed by atoms with E-state index in [1.807, 2.05) is 19.1 Å². The monoisotopic (exact) mass is 271 g/mol. The van der Waals surface area contributed by atoms with E-state index in [1.54, 1.807) is 7.11 Å². The number of hydrogen-bond donors (Lipinski definition) is 1. The zero-order valence-electron chi connectivity index (χ0n) is 11.1. The molecule has 102 valence electrons. The van der Waals surface area contributed by atoms with Gasteiger partial charge < -0.3 is 10.5 Å². The second-order valence-electron chi connectivity index (χ2n) is 4.75. The lowest BCUT2D eigenvalue weighted by molar-refractivity contribution is 0.203. The highest BCUT2D eigenvalue weighted by atomic mass is 35.5. The van der Waals surface area contributed by atoms with E-state index in [0.29, 0.717) is 6.04 Å². The standard InChI is InChI=1S/C13H21N3O.ClH/c1-10-7-13(17-2)8-12(15-10)9-16-5-3-11(14)4-6-16;/h7-8,11H,3-6,9,14H2,1-2H3;1H. The van der Waals surface area contributed by atoms with Crippen LogP contribution >= 0.6 is 12.4 Å². The SMILES string of the molecule is COc1cc(C)nc(CN2CCC(N)CC2)c1.Cl. The molecule has 1 fully saturated rings. The van der Waals surface area contributed by atoms with Crippen molar-refractivity contribution >= 4 is 12.4 Å². The van der Waals surface area contributed by atoms with Gasteiger partial charge in [-0.15, -0.1) is 12.4 Å². The Morgan fingerprint density at radius 2 is 2.06 bits per heavy atom. The Labute approximate surface area is 115 Å². The van der Waals surface area contributed by atoms with Gasteiger partial charge in [-0.2, -0.15) is 0 Å². The maximum atomic E-state index is 5.90. The molecule has 0 bridgehead atoms. The summed E-state index contributed by atoms with van der Waals surface area (Å²) in [5.41, 5.74) is 7.99. The highest BCUT2D eigenvalue weighted by Gasteiger charge is 2.16. The summed E-state index contributed by atoms with van der Waals surface area (Å²) in [4.78, 5) is 6.95. The lowest BCUT2D eigenvalue weighted by Crippen LogP contribution is -2.39. The van der Waals surface area contributed by atoms with Crippen LogP contribution in [0.2, 0.25) is 0 Å². The molecule has 1 aliphatic rings. The molecule has 0 aromatic carbocycles. The summed E-state index contributed by atoms with van der Waals surface area (Å²) in [5.74, 6) is 0.890. The van der Waals surface area contributed by atoms with Crippen LogP contribution in [0.5, 0.6) is 5.75 Å². The van der Waals surface area contributed by atoms with Crippen LogP contribution < -0.4 is 10.5 Å². The zero-order valence-corrected chi connectivity index (χ0v) is 11.9. The third-order valence-corrected chi connectivity index (χ3v) is 3.23. The van der Waals surface area contributed by atoms with Gasteiger partial charge in [-0.05, 0) is 19.8 Å². The molecule has 1 aromatic heterocycles. The predicted molar refractivity (Wildman–Crippen MR) is 75.3 cm³/mol. The van der Waals surface area contributed by atoms with Crippen LogP contribution in [0.25, 0.3) is 0 Å². The fourth-order valence-electron chi connectivity index (χ4n) is 2.24. The van der Waals surface area contributed by atoms with E-state index in [0.717, 1.165) is 49.6 Å². The minimum atomic E-state index is 0. The number of piperidine rings is 1. The third kappa shape index (κ3) is 4.12. The number of rotatable bonds is 3. The fraction of sp³-hybridized carbons (Fsp3) is 0.615. The van der Waals surface area contributed by atoms with E-state index in [1.165, 1.54) is 0 Å². The molecule has 18 heavy (non-hydrogen) atoms. The summed E-state index contributed by atoms with van der Waals surface area (Å²) in [5, 5.41) is 0. The number of hydrogen-bond acceptors (Lipinski definition) is 4. The molecule has 2 rings (SSSR count). The lowest BCUT2D eigenvalue weighted by Gasteiger charge is -2.29. The summed E-state index contributed by atoms with van der Waals surface area (Å²) in [7, 11) is 1.69. The Morgan fingerprint density at radius 3 is 2.67 bits per heavy atom. The predicted octanol–water partition coefficient (Wildman–Crippen LogP) is 1.74. The van der Waals surface area contributed by atoms with E-state index in [-0.39, 0.29) is 12.4 Å². The number of nitrogens with two attached hydrogens (primary N) is 1. The average Bonchev–Trinajstić information content (AvgIpc) is 2.31. The van der Waals surface area contributed by atoms with Crippen LogP contribution in [0.4, 0.5) is 0 Å². The zero-order chi connectivity index (χ0) is 12.3. The van der Waals surface area contributed by atoms with Crippen molar-refractivity contribution in [1.29, 1.82) is 0 Å². The maximum Gasteiger partial charge on any atom is 0.122 e. The molecule has 0 unspecified atom stereocenters. The molecular weight excluding hydrogens is 250 g/mol. The number of methoxy groups -OCH3 is 1. The third-order valence-electron chi connectivity index (χ3n) is 3.23. The molecule has 1 aromatic rings. The van der Waals surface area contributed by atoms with E-state index >= 15 is 0 Å². The molecule has 0 atom stereocenters. The van der Waals surface area contributed by atoms with Gasteiger partial charge in [-0.25, -0.2) is 0 Å². The maximum absolute atomic E-state index is 5.90. The molecule has 1 saturated heterocycles. The Balaban J connectivity index is 0.00000162. The van der Waals surface area contributed by atoms with Crippen LogP contribution in [0.3, 0.4) is 0 Å². The molecule has 4 nitrogen and oxygen atoms in total. The van der Waals surface area contributed by atoms with Crippen LogP contribution in [0.15, 0.2) is 12.1 Å². The summed E-state index contributed by atoms with van der Waals surface area (Å²) in [6.45, 7) is 5.03. The first kappa shape index (κ1) is 15.2. The normalized spacial score (nSPS) is 17.3. The average molecular weight is 272 g/mol. The van der Waals surface area contributed by atoms with Gasteiger partial charge >= 0.3 is 0 Å². The van der Waals surface area contributed by atoms with Crippen molar-refractivity contribution in [2.45, 2.75) is 32.4 Å². The highest BCUT2D eigenvalue weighted by molar-refractivity contribution is 5.85. The van der Waals surface area contributed by atoms with Crippen LogP contribution in [0.1, 0.15) is 24.2 Å². The quantitative estimate of drug-likeness (QED) is 0.910. The molecule has 5 heteroatoms. The van der Waals surface area contributed by atoms with Gasteiger partial charge in [0.2, 0.25) is 0 Å².